The molecule has 1 aromatic rings. The number of aliphatic hydroxyl groups is 1. The molecular formula is C19H28N2O4. The van der Waals surface area contributed by atoms with Crippen molar-refractivity contribution in [3.63, 3.8) is 0 Å². The number of amides is 1. The molecular weight excluding hydrogens is 320 g/mol. The van der Waals surface area contributed by atoms with E-state index in [1.165, 1.54) is 0 Å². The van der Waals surface area contributed by atoms with Crippen LogP contribution >= 0.6 is 0 Å². The van der Waals surface area contributed by atoms with Gasteiger partial charge in [0.25, 0.3) is 0 Å². The fraction of sp³-hybridized carbons (Fsp3) is 0.632. The van der Waals surface area contributed by atoms with Gasteiger partial charge in [0.05, 0.1) is 19.1 Å². The minimum Gasteiger partial charge on any atom is -0.497 e. The summed E-state index contributed by atoms with van der Waals surface area (Å²) in [6.45, 7) is 4.63. The second-order valence-corrected chi connectivity index (χ2v) is 7.83. The number of nitrogens with zero attached hydrogens (tertiary/aromatic N) is 1. The zero-order chi connectivity index (χ0) is 18.2. The van der Waals surface area contributed by atoms with E-state index in [0.717, 1.165) is 36.3 Å². The molecule has 1 amide bonds. The summed E-state index contributed by atoms with van der Waals surface area (Å²) in [5, 5.41) is 9.43. The van der Waals surface area contributed by atoms with Crippen LogP contribution in [-0.4, -0.2) is 48.3 Å². The zero-order valence-corrected chi connectivity index (χ0v) is 15.2. The Bertz CT molecular complexity index is 651. The van der Waals surface area contributed by atoms with Crippen LogP contribution in [0.25, 0.3) is 0 Å². The average Bonchev–Trinajstić information content (AvgIpc) is 2.61. The van der Waals surface area contributed by atoms with Crippen molar-refractivity contribution in [2.45, 2.75) is 44.8 Å². The predicted molar refractivity (Wildman–Crippen MR) is 94.6 cm³/mol. The van der Waals surface area contributed by atoms with Gasteiger partial charge in [-0.3, -0.25) is 4.79 Å². The lowest BCUT2D eigenvalue weighted by Gasteiger charge is -2.47. The second-order valence-electron chi connectivity index (χ2n) is 7.83. The van der Waals surface area contributed by atoms with Crippen molar-refractivity contribution < 1.29 is 19.4 Å². The van der Waals surface area contributed by atoms with Crippen LogP contribution in [0.4, 0.5) is 0 Å². The van der Waals surface area contributed by atoms with E-state index >= 15 is 0 Å². The standard InChI is InChI=1S/C19H28N2O4/c1-18(2,12-22)17(23)21-8-6-19(7-9-21)11-15(20)14-5-4-13(24-3)10-16(14)25-19/h4-5,10,15,22H,6-9,11-12,20H2,1-3H3. The van der Waals surface area contributed by atoms with Crippen LogP contribution in [0.5, 0.6) is 11.5 Å². The molecule has 3 N–H and O–H groups in total. The number of piperidine rings is 1. The SMILES string of the molecule is COc1ccc2c(c1)OC1(CCN(C(=O)C(C)(C)CO)CC1)CC2N. The van der Waals surface area contributed by atoms with Gasteiger partial charge in [0.15, 0.2) is 0 Å². The Morgan fingerprint density at radius 3 is 2.72 bits per heavy atom. The van der Waals surface area contributed by atoms with E-state index in [4.69, 9.17) is 15.2 Å². The van der Waals surface area contributed by atoms with Gasteiger partial charge in [-0.15, -0.1) is 0 Å². The number of methoxy groups -OCH3 is 1. The van der Waals surface area contributed by atoms with E-state index < -0.39 is 5.41 Å². The van der Waals surface area contributed by atoms with Crippen molar-refractivity contribution in [2.75, 3.05) is 26.8 Å². The molecule has 6 heteroatoms. The Morgan fingerprint density at radius 2 is 2.12 bits per heavy atom. The van der Waals surface area contributed by atoms with Gasteiger partial charge in [0.2, 0.25) is 5.91 Å². The Morgan fingerprint density at radius 1 is 1.44 bits per heavy atom. The lowest BCUT2D eigenvalue weighted by atomic mass is 9.80. The van der Waals surface area contributed by atoms with Crippen molar-refractivity contribution in [3.05, 3.63) is 23.8 Å². The normalized spacial score (nSPS) is 22.3. The smallest absolute Gasteiger partial charge is 0.230 e. The third kappa shape index (κ3) is 3.33. The minimum atomic E-state index is -0.742. The number of rotatable bonds is 3. The molecule has 138 valence electrons. The van der Waals surface area contributed by atoms with Crippen molar-refractivity contribution >= 4 is 5.91 Å². The minimum absolute atomic E-state index is 0.00738. The Balaban J connectivity index is 1.74. The quantitative estimate of drug-likeness (QED) is 0.871. The van der Waals surface area contributed by atoms with Gasteiger partial charge >= 0.3 is 0 Å². The number of fused-ring (bicyclic) bond motifs is 1. The summed E-state index contributed by atoms with van der Waals surface area (Å²) in [7, 11) is 1.63. The number of aliphatic hydroxyl groups excluding tert-OH is 1. The summed E-state index contributed by atoms with van der Waals surface area (Å²) in [6, 6.07) is 5.68. The van der Waals surface area contributed by atoms with E-state index in [1.807, 2.05) is 23.1 Å². The van der Waals surface area contributed by atoms with E-state index in [1.54, 1.807) is 21.0 Å². The van der Waals surface area contributed by atoms with Crippen LogP contribution in [0.1, 0.15) is 44.7 Å². The van der Waals surface area contributed by atoms with Gasteiger partial charge in [-0.1, -0.05) is 6.07 Å². The fourth-order valence-corrected chi connectivity index (χ4v) is 3.74. The molecule has 0 saturated carbocycles. The van der Waals surface area contributed by atoms with Gasteiger partial charge in [0.1, 0.15) is 17.1 Å². The first-order valence-electron chi connectivity index (χ1n) is 8.83. The first kappa shape index (κ1) is 18.0. The first-order chi connectivity index (χ1) is 11.8. The molecule has 2 aliphatic rings. The van der Waals surface area contributed by atoms with E-state index in [0.29, 0.717) is 13.1 Å². The topological polar surface area (TPSA) is 85.0 Å². The van der Waals surface area contributed by atoms with Crippen LogP contribution < -0.4 is 15.2 Å². The van der Waals surface area contributed by atoms with Crippen LogP contribution in [0.15, 0.2) is 18.2 Å². The monoisotopic (exact) mass is 348 g/mol. The molecule has 6 nitrogen and oxygen atoms in total. The summed E-state index contributed by atoms with van der Waals surface area (Å²) in [6.07, 6.45) is 2.23. The molecule has 1 fully saturated rings. The molecule has 1 saturated heterocycles. The van der Waals surface area contributed by atoms with Crippen molar-refractivity contribution in [1.82, 2.24) is 4.90 Å². The molecule has 0 bridgehead atoms. The third-order valence-electron chi connectivity index (χ3n) is 5.47. The first-order valence-corrected chi connectivity index (χ1v) is 8.83. The molecule has 25 heavy (non-hydrogen) atoms. The number of ether oxygens (including phenoxy) is 2. The fourth-order valence-electron chi connectivity index (χ4n) is 3.74. The molecule has 0 aromatic heterocycles. The third-order valence-corrected chi connectivity index (χ3v) is 5.47. The largest absolute Gasteiger partial charge is 0.497 e. The van der Waals surface area contributed by atoms with E-state index in [9.17, 15) is 9.90 Å². The summed E-state index contributed by atoms with van der Waals surface area (Å²) >= 11 is 0. The molecule has 2 heterocycles. The average molecular weight is 348 g/mol. The van der Waals surface area contributed by atoms with E-state index in [2.05, 4.69) is 0 Å². The second kappa shape index (κ2) is 6.50. The molecule has 1 aromatic carbocycles. The number of nitrogens with two attached hydrogens (primary N) is 1. The molecule has 0 radical (unpaired) electrons. The lowest BCUT2D eigenvalue weighted by molar-refractivity contribution is -0.146. The van der Waals surface area contributed by atoms with Gasteiger partial charge in [-0.25, -0.2) is 0 Å². The summed E-state index contributed by atoms with van der Waals surface area (Å²) < 4.78 is 11.7. The van der Waals surface area contributed by atoms with Crippen LogP contribution in [0, 0.1) is 5.41 Å². The molecule has 0 aliphatic carbocycles. The molecule has 1 atom stereocenters. The number of benzene rings is 1. The highest BCUT2D eigenvalue weighted by Gasteiger charge is 2.44. The maximum Gasteiger partial charge on any atom is 0.230 e. The van der Waals surface area contributed by atoms with Crippen molar-refractivity contribution in [3.8, 4) is 11.5 Å². The Hall–Kier alpha value is -1.79. The van der Waals surface area contributed by atoms with Gasteiger partial charge in [-0.05, 0) is 19.9 Å². The van der Waals surface area contributed by atoms with Gasteiger partial charge < -0.3 is 25.2 Å². The highest BCUT2D eigenvalue weighted by Crippen LogP contribution is 2.44. The van der Waals surface area contributed by atoms with E-state index in [-0.39, 0.29) is 24.2 Å². The molecule has 3 rings (SSSR count). The zero-order valence-electron chi connectivity index (χ0n) is 15.2. The van der Waals surface area contributed by atoms with Crippen LogP contribution in [0.3, 0.4) is 0 Å². The Labute approximate surface area is 148 Å². The maximum absolute atomic E-state index is 12.6. The number of carbonyl (C=O) groups is 1. The Kier molecular flexibility index (Phi) is 4.68. The molecule has 1 unspecified atom stereocenters. The number of likely N-dealkylation sites (tertiary alicyclic amines) is 1. The van der Waals surface area contributed by atoms with Crippen LogP contribution in [0.2, 0.25) is 0 Å². The summed E-state index contributed by atoms with van der Waals surface area (Å²) in [4.78, 5) is 14.4. The lowest BCUT2D eigenvalue weighted by Crippen LogP contribution is -2.54. The van der Waals surface area contributed by atoms with Gasteiger partial charge in [0, 0.05) is 50.0 Å². The van der Waals surface area contributed by atoms with Crippen molar-refractivity contribution in [1.29, 1.82) is 0 Å². The molecule has 1 spiro atoms. The number of hydrogen-bond donors (Lipinski definition) is 2. The number of carbonyl (C=O) groups excluding carboxylic acids is 1. The summed E-state index contributed by atoms with van der Waals surface area (Å²) in [5.74, 6) is 1.53. The maximum atomic E-state index is 12.6. The van der Waals surface area contributed by atoms with Crippen molar-refractivity contribution in [2.24, 2.45) is 11.1 Å². The highest BCUT2D eigenvalue weighted by atomic mass is 16.5. The highest BCUT2D eigenvalue weighted by molar-refractivity contribution is 5.82. The molecule has 2 aliphatic heterocycles. The van der Waals surface area contributed by atoms with Crippen LogP contribution in [-0.2, 0) is 4.79 Å². The predicted octanol–water partition coefficient (Wildman–Crippen LogP) is 1.86. The number of hydrogen-bond acceptors (Lipinski definition) is 5. The van der Waals surface area contributed by atoms with Gasteiger partial charge in [-0.2, -0.15) is 0 Å². The summed E-state index contributed by atoms with van der Waals surface area (Å²) in [5.41, 5.74) is 6.32.